The highest BCUT2D eigenvalue weighted by Gasteiger charge is 2.16. The molecular formula is C35H38F2O2. The third-order valence-electron chi connectivity index (χ3n) is 6.96. The summed E-state index contributed by atoms with van der Waals surface area (Å²) in [5.74, 6) is -0.128. The molecule has 0 atom stereocenters. The van der Waals surface area contributed by atoms with E-state index in [1.165, 1.54) is 38.5 Å². The molecule has 0 bridgehead atoms. The number of ether oxygens (including phenoxy) is 2. The van der Waals surface area contributed by atoms with Crippen LogP contribution in [0.1, 0.15) is 58.8 Å². The van der Waals surface area contributed by atoms with Crippen molar-refractivity contribution < 1.29 is 18.3 Å². The van der Waals surface area contributed by atoms with Crippen LogP contribution in [-0.4, -0.2) is 13.2 Å². The highest BCUT2D eigenvalue weighted by Crippen LogP contribution is 2.33. The van der Waals surface area contributed by atoms with Gasteiger partial charge in [0.25, 0.3) is 0 Å². The predicted octanol–water partition coefficient (Wildman–Crippen LogP) is 10.5. The van der Waals surface area contributed by atoms with Crippen LogP contribution in [0.25, 0.3) is 33.4 Å². The number of benzene rings is 4. The van der Waals surface area contributed by atoms with E-state index in [0.29, 0.717) is 24.3 Å². The summed E-state index contributed by atoms with van der Waals surface area (Å²) in [7, 11) is 0. The van der Waals surface area contributed by atoms with Crippen LogP contribution in [0.4, 0.5) is 8.78 Å². The van der Waals surface area contributed by atoms with Gasteiger partial charge in [0.1, 0.15) is 11.5 Å². The van der Waals surface area contributed by atoms with Crippen LogP contribution in [0, 0.1) is 11.6 Å². The van der Waals surface area contributed by atoms with Crippen LogP contribution in [0.2, 0.25) is 0 Å². The molecule has 0 saturated heterocycles. The molecule has 39 heavy (non-hydrogen) atoms. The third kappa shape index (κ3) is 7.69. The van der Waals surface area contributed by atoms with Crippen LogP contribution in [0.15, 0.2) is 84.9 Å². The third-order valence-corrected chi connectivity index (χ3v) is 6.96. The van der Waals surface area contributed by atoms with Gasteiger partial charge in [-0.15, -0.1) is 0 Å². The summed E-state index contributed by atoms with van der Waals surface area (Å²) in [5, 5.41) is 0. The van der Waals surface area contributed by atoms with Crippen LogP contribution in [0.3, 0.4) is 0 Å². The summed E-state index contributed by atoms with van der Waals surface area (Å²) in [6, 6.07) is 25.8. The zero-order valence-electron chi connectivity index (χ0n) is 23.0. The second-order valence-corrected chi connectivity index (χ2v) is 9.82. The second kappa shape index (κ2) is 14.5. The van der Waals surface area contributed by atoms with E-state index in [2.05, 4.69) is 6.92 Å². The zero-order chi connectivity index (χ0) is 27.5. The maximum absolute atomic E-state index is 15.2. The lowest BCUT2D eigenvalue weighted by Gasteiger charge is -2.11. The molecule has 0 spiro atoms. The fraction of sp³-hybridized carbons (Fsp3) is 0.314. The van der Waals surface area contributed by atoms with Crippen molar-refractivity contribution in [1.82, 2.24) is 0 Å². The van der Waals surface area contributed by atoms with Gasteiger partial charge < -0.3 is 9.47 Å². The highest BCUT2D eigenvalue weighted by molar-refractivity contribution is 5.74. The van der Waals surface area contributed by atoms with E-state index < -0.39 is 11.6 Å². The van der Waals surface area contributed by atoms with Gasteiger partial charge in [-0.2, -0.15) is 0 Å². The van der Waals surface area contributed by atoms with E-state index in [-0.39, 0.29) is 11.1 Å². The van der Waals surface area contributed by atoms with Crippen molar-refractivity contribution >= 4 is 0 Å². The molecular weight excluding hydrogens is 490 g/mol. The van der Waals surface area contributed by atoms with Gasteiger partial charge in [0.05, 0.1) is 13.2 Å². The summed E-state index contributed by atoms with van der Waals surface area (Å²) < 4.78 is 41.7. The van der Waals surface area contributed by atoms with Gasteiger partial charge in [-0.1, -0.05) is 106 Å². The smallest absolute Gasteiger partial charge is 0.167 e. The summed E-state index contributed by atoms with van der Waals surface area (Å²) in [4.78, 5) is 0. The average Bonchev–Trinajstić information content (AvgIpc) is 2.97. The molecule has 4 rings (SSSR count). The van der Waals surface area contributed by atoms with Crippen LogP contribution < -0.4 is 9.47 Å². The van der Waals surface area contributed by atoms with E-state index in [9.17, 15) is 0 Å². The minimum Gasteiger partial charge on any atom is -0.494 e. The summed E-state index contributed by atoms with van der Waals surface area (Å²) in [5.41, 5.74) is 3.74. The molecule has 0 aliphatic heterocycles. The van der Waals surface area contributed by atoms with Gasteiger partial charge in [0.15, 0.2) is 11.6 Å². The summed E-state index contributed by atoms with van der Waals surface area (Å²) >= 11 is 0. The second-order valence-electron chi connectivity index (χ2n) is 9.82. The number of hydrogen-bond donors (Lipinski definition) is 0. The molecule has 0 heterocycles. The Bertz CT molecular complexity index is 1300. The Balaban J connectivity index is 1.37. The van der Waals surface area contributed by atoms with E-state index in [1.54, 1.807) is 24.3 Å². The molecule has 0 aliphatic carbocycles. The fourth-order valence-electron chi connectivity index (χ4n) is 4.73. The maximum Gasteiger partial charge on any atom is 0.167 e. The quantitative estimate of drug-likeness (QED) is 0.152. The molecule has 4 heteroatoms. The summed E-state index contributed by atoms with van der Waals surface area (Å²) in [6.45, 7) is 5.46. The first-order chi connectivity index (χ1) is 19.1. The number of halogens is 2. The number of hydrogen-bond acceptors (Lipinski definition) is 2. The largest absolute Gasteiger partial charge is 0.494 e. The number of rotatable bonds is 14. The number of unbranched alkanes of at least 4 members (excludes halogenated alkanes) is 6. The minimum absolute atomic E-state index is 0.237. The highest BCUT2D eigenvalue weighted by atomic mass is 19.2. The topological polar surface area (TPSA) is 18.5 Å². The van der Waals surface area contributed by atoms with Crippen molar-refractivity contribution in [2.45, 2.75) is 58.8 Å². The van der Waals surface area contributed by atoms with Crippen molar-refractivity contribution in [2.75, 3.05) is 13.2 Å². The van der Waals surface area contributed by atoms with Crippen LogP contribution >= 0.6 is 0 Å². The van der Waals surface area contributed by atoms with E-state index >= 15 is 8.78 Å². The standard InChI is InChI=1S/C35H38F2O2/c1-3-5-6-7-8-9-10-25-39-31-21-17-29(18-22-31)33-24-23-32(34(36)35(33)37)28-13-11-26(12-14-28)27-15-19-30(20-16-27)38-4-2/h11-24H,3-10,25H2,1-2H3. The molecule has 0 aliphatic rings. The molecule has 0 radical (unpaired) electrons. The lowest BCUT2D eigenvalue weighted by molar-refractivity contribution is 0.304. The van der Waals surface area contributed by atoms with Gasteiger partial charge in [-0.05, 0) is 59.9 Å². The molecule has 204 valence electrons. The van der Waals surface area contributed by atoms with Gasteiger partial charge >= 0.3 is 0 Å². The maximum atomic E-state index is 15.2. The van der Waals surface area contributed by atoms with Gasteiger partial charge in [-0.25, -0.2) is 8.78 Å². The van der Waals surface area contributed by atoms with Gasteiger partial charge in [-0.3, -0.25) is 0 Å². The van der Waals surface area contributed by atoms with Crippen LogP contribution in [0.5, 0.6) is 11.5 Å². The van der Waals surface area contributed by atoms with Crippen molar-refractivity contribution in [3.8, 4) is 44.9 Å². The summed E-state index contributed by atoms with van der Waals surface area (Å²) in [6.07, 6.45) is 8.62. The molecule has 4 aromatic rings. The Morgan fingerprint density at radius 2 is 0.872 bits per heavy atom. The Labute approximate surface area is 231 Å². The fourth-order valence-corrected chi connectivity index (χ4v) is 4.73. The monoisotopic (exact) mass is 528 g/mol. The Kier molecular flexibility index (Phi) is 10.5. The molecule has 0 unspecified atom stereocenters. The van der Waals surface area contributed by atoms with Crippen molar-refractivity contribution in [1.29, 1.82) is 0 Å². The Morgan fingerprint density at radius 3 is 1.38 bits per heavy atom. The first-order valence-electron chi connectivity index (χ1n) is 14.2. The van der Waals surface area contributed by atoms with E-state index in [1.807, 2.05) is 67.6 Å². The van der Waals surface area contributed by atoms with E-state index in [0.717, 1.165) is 29.0 Å². The molecule has 0 aromatic heterocycles. The first kappa shape index (κ1) is 28.4. The predicted molar refractivity (Wildman–Crippen MR) is 157 cm³/mol. The molecule has 4 aromatic carbocycles. The lowest BCUT2D eigenvalue weighted by atomic mass is 9.97. The lowest BCUT2D eigenvalue weighted by Crippen LogP contribution is -1.97. The molecule has 0 saturated carbocycles. The van der Waals surface area contributed by atoms with Crippen molar-refractivity contribution in [3.63, 3.8) is 0 Å². The normalized spacial score (nSPS) is 11.0. The minimum atomic E-state index is -0.847. The molecule has 0 amide bonds. The van der Waals surface area contributed by atoms with Gasteiger partial charge in [0, 0.05) is 11.1 Å². The average molecular weight is 529 g/mol. The van der Waals surface area contributed by atoms with Crippen molar-refractivity contribution in [3.05, 3.63) is 96.6 Å². The molecule has 0 N–H and O–H groups in total. The molecule has 0 fully saturated rings. The first-order valence-corrected chi connectivity index (χ1v) is 14.2. The molecule has 2 nitrogen and oxygen atoms in total. The van der Waals surface area contributed by atoms with Crippen molar-refractivity contribution in [2.24, 2.45) is 0 Å². The zero-order valence-corrected chi connectivity index (χ0v) is 23.0. The Morgan fingerprint density at radius 1 is 0.462 bits per heavy atom. The van der Waals surface area contributed by atoms with Crippen LogP contribution in [-0.2, 0) is 0 Å². The Hall–Kier alpha value is -3.66. The van der Waals surface area contributed by atoms with Gasteiger partial charge in [0.2, 0.25) is 0 Å². The van der Waals surface area contributed by atoms with E-state index in [4.69, 9.17) is 9.47 Å². The SMILES string of the molecule is CCCCCCCCCOc1ccc(-c2ccc(-c3ccc(-c4ccc(OCC)cc4)cc3)c(F)c2F)cc1.